The third kappa shape index (κ3) is 3.66. The Morgan fingerprint density at radius 1 is 1.03 bits per heavy atom. The number of rotatable bonds is 4. The van der Waals surface area contributed by atoms with E-state index >= 15 is 0 Å². The molecule has 0 fully saturated rings. The molecule has 0 radical (unpaired) electrons. The Hall–Kier alpha value is -4.20. The number of amides is 1. The first kappa shape index (κ1) is 19.7. The van der Waals surface area contributed by atoms with Gasteiger partial charge in [0.05, 0.1) is 11.2 Å². The Bertz CT molecular complexity index is 1480. The monoisotopic (exact) mass is 426 g/mol. The highest BCUT2D eigenvalue weighted by Crippen LogP contribution is 2.22. The minimum Gasteiger partial charge on any atom is -0.345 e. The fraction of sp³-hybridized carbons (Fsp3) is 0.125. The predicted molar refractivity (Wildman–Crippen MR) is 119 cm³/mol. The summed E-state index contributed by atoms with van der Waals surface area (Å²) >= 11 is 0. The van der Waals surface area contributed by atoms with Crippen LogP contribution in [0, 0.1) is 5.82 Å². The van der Waals surface area contributed by atoms with E-state index in [1.165, 1.54) is 17.0 Å². The number of hydrogen-bond donors (Lipinski definition) is 0. The maximum absolute atomic E-state index is 14.3. The molecule has 1 amide bonds. The van der Waals surface area contributed by atoms with Gasteiger partial charge in [0.15, 0.2) is 11.5 Å². The van der Waals surface area contributed by atoms with E-state index < -0.39 is 5.82 Å². The van der Waals surface area contributed by atoms with Crippen molar-refractivity contribution in [3.8, 4) is 11.3 Å². The van der Waals surface area contributed by atoms with E-state index in [1.54, 1.807) is 43.0 Å². The molecular formula is C24H19FN6O. The molecule has 32 heavy (non-hydrogen) atoms. The van der Waals surface area contributed by atoms with Crippen LogP contribution >= 0.6 is 0 Å². The molecule has 0 unspecified atom stereocenters. The molecule has 0 aliphatic rings. The molecule has 3 heterocycles. The summed E-state index contributed by atoms with van der Waals surface area (Å²) in [5.74, 6) is -0.114. The topological polar surface area (TPSA) is 76.3 Å². The molecule has 8 heteroatoms. The standard InChI is InChI=1S/C24H19FN6O/c1-30(2)24(32)18-12-17(13-19(25)14-18)21-7-8-22-27-28-23(31(22)29-21)11-15-5-6-20-16(10-15)4-3-9-26-20/h3-10,12-14H,11H2,1-2H3. The summed E-state index contributed by atoms with van der Waals surface area (Å²) in [5, 5.41) is 14.2. The SMILES string of the molecule is CN(C)C(=O)c1cc(F)cc(-c2ccc3nnc(Cc4ccc5ncccc5c4)n3n2)c1. The van der Waals surface area contributed by atoms with E-state index in [4.69, 9.17) is 0 Å². The molecule has 0 aliphatic carbocycles. The lowest BCUT2D eigenvalue weighted by Crippen LogP contribution is -2.21. The van der Waals surface area contributed by atoms with E-state index in [1.807, 2.05) is 24.3 Å². The number of hydrogen-bond acceptors (Lipinski definition) is 5. The second-order valence-electron chi connectivity index (χ2n) is 7.74. The smallest absolute Gasteiger partial charge is 0.253 e. The zero-order valence-electron chi connectivity index (χ0n) is 17.5. The Morgan fingerprint density at radius 2 is 1.91 bits per heavy atom. The zero-order valence-corrected chi connectivity index (χ0v) is 17.5. The molecule has 0 bridgehead atoms. The average molecular weight is 426 g/mol. The van der Waals surface area contributed by atoms with Gasteiger partial charge >= 0.3 is 0 Å². The maximum atomic E-state index is 14.3. The van der Waals surface area contributed by atoms with Crippen LogP contribution in [0.1, 0.15) is 21.7 Å². The lowest BCUT2D eigenvalue weighted by Gasteiger charge is -2.11. The average Bonchev–Trinajstić information content (AvgIpc) is 3.20. The highest BCUT2D eigenvalue weighted by molar-refractivity contribution is 5.95. The largest absolute Gasteiger partial charge is 0.345 e. The predicted octanol–water partition coefficient (Wildman–Crippen LogP) is 3.77. The van der Waals surface area contributed by atoms with Crippen LogP contribution in [0.15, 0.2) is 66.9 Å². The quantitative estimate of drug-likeness (QED) is 0.437. The van der Waals surface area contributed by atoms with Crippen LogP contribution in [0.4, 0.5) is 4.39 Å². The number of pyridine rings is 1. The fourth-order valence-electron chi connectivity index (χ4n) is 3.63. The Balaban J connectivity index is 1.53. The summed E-state index contributed by atoms with van der Waals surface area (Å²) in [7, 11) is 3.26. The first-order chi connectivity index (χ1) is 15.5. The van der Waals surface area contributed by atoms with Gasteiger partial charge in [0, 0.05) is 43.2 Å². The van der Waals surface area contributed by atoms with Gasteiger partial charge in [-0.25, -0.2) is 4.39 Å². The summed E-state index contributed by atoms with van der Waals surface area (Å²) in [6.45, 7) is 0. The van der Waals surface area contributed by atoms with Crippen molar-refractivity contribution in [2.75, 3.05) is 14.1 Å². The second kappa shape index (κ2) is 7.81. The third-order valence-electron chi connectivity index (χ3n) is 5.20. The molecule has 2 aromatic carbocycles. The van der Waals surface area contributed by atoms with Gasteiger partial charge in [0.1, 0.15) is 5.82 Å². The van der Waals surface area contributed by atoms with Crippen LogP contribution in [0.3, 0.4) is 0 Å². The maximum Gasteiger partial charge on any atom is 0.253 e. The molecular weight excluding hydrogens is 407 g/mol. The minimum absolute atomic E-state index is 0.264. The van der Waals surface area contributed by atoms with E-state index in [9.17, 15) is 9.18 Å². The van der Waals surface area contributed by atoms with Crippen molar-refractivity contribution in [2.24, 2.45) is 0 Å². The number of carbonyl (C=O) groups is 1. The molecule has 0 N–H and O–H groups in total. The molecule has 7 nitrogen and oxygen atoms in total. The van der Waals surface area contributed by atoms with Crippen molar-refractivity contribution < 1.29 is 9.18 Å². The Morgan fingerprint density at radius 3 is 2.75 bits per heavy atom. The van der Waals surface area contributed by atoms with Gasteiger partial charge in [-0.05, 0) is 54.1 Å². The van der Waals surface area contributed by atoms with Crippen molar-refractivity contribution in [1.82, 2.24) is 29.7 Å². The van der Waals surface area contributed by atoms with Gasteiger partial charge in [-0.3, -0.25) is 9.78 Å². The second-order valence-corrected chi connectivity index (χ2v) is 7.74. The van der Waals surface area contributed by atoms with Crippen LogP contribution in [0.25, 0.3) is 27.8 Å². The number of aromatic nitrogens is 5. The van der Waals surface area contributed by atoms with Gasteiger partial charge in [0.25, 0.3) is 5.91 Å². The molecule has 3 aromatic heterocycles. The highest BCUT2D eigenvalue weighted by atomic mass is 19.1. The van der Waals surface area contributed by atoms with Crippen molar-refractivity contribution >= 4 is 22.5 Å². The molecule has 0 saturated heterocycles. The fourth-order valence-corrected chi connectivity index (χ4v) is 3.63. The first-order valence-corrected chi connectivity index (χ1v) is 10.1. The number of halogens is 1. The molecule has 158 valence electrons. The summed E-state index contributed by atoms with van der Waals surface area (Å²) in [5.41, 5.74) is 3.86. The van der Waals surface area contributed by atoms with E-state index in [-0.39, 0.29) is 11.5 Å². The Kier molecular flexibility index (Phi) is 4.82. The summed E-state index contributed by atoms with van der Waals surface area (Å²) in [4.78, 5) is 18.1. The molecule has 0 spiro atoms. The van der Waals surface area contributed by atoms with Crippen molar-refractivity contribution in [3.63, 3.8) is 0 Å². The zero-order chi connectivity index (χ0) is 22.2. The van der Waals surface area contributed by atoms with Crippen LogP contribution in [-0.4, -0.2) is 49.7 Å². The van der Waals surface area contributed by atoms with E-state index in [2.05, 4.69) is 26.3 Å². The molecule has 0 aliphatic heterocycles. The van der Waals surface area contributed by atoms with Gasteiger partial charge in [-0.1, -0.05) is 12.1 Å². The molecule has 0 saturated carbocycles. The van der Waals surface area contributed by atoms with Gasteiger partial charge in [0.2, 0.25) is 0 Å². The van der Waals surface area contributed by atoms with Gasteiger partial charge < -0.3 is 4.90 Å². The molecule has 5 aromatic rings. The highest BCUT2D eigenvalue weighted by Gasteiger charge is 2.14. The summed E-state index contributed by atoms with van der Waals surface area (Å²) in [6, 6.07) is 17.7. The number of carbonyl (C=O) groups excluding carboxylic acids is 1. The van der Waals surface area contributed by atoms with Gasteiger partial charge in [-0.2, -0.15) is 9.61 Å². The van der Waals surface area contributed by atoms with Gasteiger partial charge in [-0.15, -0.1) is 10.2 Å². The van der Waals surface area contributed by atoms with E-state index in [0.717, 1.165) is 16.5 Å². The van der Waals surface area contributed by atoms with Crippen molar-refractivity contribution in [2.45, 2.75) is 6.42 Å². The van der Waals surface area contributed by atoms with Crippen LogP contribution in [0.5, 0.6) is 0 Å². The van der Waals surface area contributed by atoms with E-state index in [0.29, 0.717) is 29.1 Å². The molecule has 5 rings (SSSR count). The lowest BCUT2D eigenvalue weighted by atomic mass is 10.1. The first-order valence-electron chi connectivity index (χ1n) is 10.1. The number of benzene rings is 2. The number of nitrogens with zero attached hydrogens (tertiary/aromatic N) is 6. The lowest BCUT2D eigenvalue weighted by molar-refractivity contribution is 0.0827. The van der Waals surface area contributed by atoms with Crippen LogP contribution < -0.4 is 0 Å². The third-order valence-corrected chi connectivity index (χ3v) is 5.20. The van der Waals surface area contributed by atoms with Crippen LogP contribution in [0.2, 0.25) is 0 Å². The normalized spacial score (nSPS) is 11.2. The Labute approximate surface area is 183 Å². The van der Waals surface area contributed by atoms with Crippen molar-refractivity contribution in [1.29, 1.82) is 0 Å². The van der Waals surface area contributed by atoms with Crippen molar-refractivity contribution in [3.05, 3.63) is 89.6 Å². The minimum atomic E-state index is -0.497. The molecule has 0 atom stereocenters. The number of fused-ring (bicyclic) bond motifs is 2. The summed E-state index contributed by atoms with van der Waals surface area (Å²) < 4.78 is 15.9. The van der Waals surface area contributed by atoms with Crippen LogP contribution in [-0.2, 0) is 6.42 Å². The summed E-state index contributed by atoms with van der Waals surface area (Å²) in [6.07, 6.45) is 2.29.